The minimum Gasteiger partial charge on any atom is -0.261 e. The topological polar surface area (TPSA) is 51.6 Å². The number of hydrogen-bond donors (Lipinski definition) is 0. The Morgan fingerprint density at radius 3 is 1.89 bits per heavy atom. The van der Waals surface area contributed by atoms with Crippen molar-refractivity contribution < 1.29 is 0 Å². The summed E-state index contributed by atoms with van der Waals surface area (Å²) in [5, 5.41) is 7.68. The van der Waals surface area contributed by atoms with Crippen LogP contribution in [0.3, 0.4) is 0 Å². The molecule has 0 bridgehead atoms. The smallest absolute Gasteiger partial charge is 0.0656 e. The average molecular weight is 260 g/mol. The molecule has 0 unspecified atom stereocenters. The van der Waals surface area contributed by atoms with Gasteiger partial charge in [-0.3, -0.25) is 9.97 Å². The molecule has 0 aliphatic carbocycles. The van der Waals surface area contributed by atoms with Gasteiger partial charge >= 0.3 is 0 Å². The molecule has 0 radical (unpaired) electrons. The number of hydrogen-bond acceptors (Lipinski definition) is 4. The summed E-state index contributed by atoms with van der Waals surface area (Å²) >= 11 is 0. The number of nitrogens with zero attached hydrogens (tertiary/aromatic N) is 4. The lowest BCUT2D eigenvalue weighted by Gasteiger charge is -1.99. The highest BCUT2D eigenvalue weighted by Crippen LogP contribution is 2.07. The first-order valence-corrected chi connectivity index (χ1v) is 6.14. The van der Waals surface area contributed by atoms with Crippen LogP contribution in [0.2, 0.25) is 0 Å². The molecule has 0 aliphatic heterocycles. The van der Waals surface area contributed by atoms with Crippen LogP contribution in [-0.4, -0.2) is 20.2 Å². The van der Waals surface area contributed by atoms with Gasteiger partial charge in [0.05, 0.1) is 11.4 Å². The van der Waals surface area contributed by atoms with Gasteiger partial charge < -0.3 is 0 Å². The Kier molecular flexibility index (Phi) is 8.25. The lowest BCUT2D eigenvalue weighted by atomic mass is 10.1. The molecule has 0 saturated carbocycles. The van der Waals surface area contributed by atoms with E-state index in [1.54, 1.807) is 24.8 Å². The predicted octanol–water partition coefficient (Wildman–Crippen LogP) is 3.84. The molecule has 0 fully saturated rings. The van der Waals surface area contributed by atoms with Crippen molar-refractivity contribution in [2.75, 3.05) is 0 Å². The van der Waals surface area contributed by atoms with Crippen LogP contribution in [-0.2, 0) is 0 Å². The highest BCUT2D eigenvalue weighted by molar-refractivity contribution is 5.03. The summed E-state index contributed by atoms with van der Waals surface area (Å²) in [5.41, 5.74) is 2.11. The van der Waals surface area contributed by atoms with Gasteiger partial charge in [-0.25, -0.2) is 0 Å². The number of rotatable bonds is 2. The Balaban J connectivity index is 0.000000324. The molecule has 104 valence electrons. The minimum absolute atomic E-state index is 0. The van der Waals surface area contributed by atoms with E-state index in [0.29, 0.717) is 11.8 Å². The Morgan fingerprint density at radius 2 is 1.58 bits per heavy atom. The van der Waals surface area contributed by atoms with Crippen molar-refractivity contribution in [2.24, 2.45) is 0 Å². The van der Waals surface area contributed by atoms with Crippen LogP contribution in [0.25, 0.3) is 0 Å². The second-order valence-electron chi connectivity index (χ2n) is 4.59. The van der Waals surface area contributed by atoms with Gasteiger partial charge in [-0.1, -0.05) is 35.1 Å². The third-order valence-corrected chi connectivity index (χ3v) is 2.36. The Hall–Kier alpha value is -1.84. The molecule has 0 amide bonds. The summed E-state index contributed by atoms with van der Waals surface area (Å²) in [4.78, 5) is 8.06. The third-order valence-electron chi connectivity index (χ3n) is 2.36. The summed E-state index contributed by atoms with van der Waals surface area (Å²) in [5.74, 6) is 0.970. The van der Waals surface area contributed by atoms with E-state index >= 15 is 0 Å². The first-order chi connectivity index (χ1) is 8.61. The zero-order chi connectivity index (χ0) is 13.4. The van der Waals surface area contributed by atoms with Gasteiger partial charge in [-0.2, -0.15) is 10.2 Å². The molecular weight excluding hydrogens is 236 g/mol. The quantitative estimate of drug-likeness (QED) is 0.823. The molecule has 19 heavy (non-hydrogen) atoms. The van der Waals surface area contributed by atoms with E-state index in [4.69, 9.17) is 0 Å². The lowest BCUT2D eigenvalue weighted by molar-refractivity contribution is 0.785. The van der Waals surface area contributed by atoms with Gasteiger partial charge in [0.15, 0.2) is 0 Å². The summed E-state index contributed by atoms with van der Waals surface area (Å²) < 4.78 is 0. The van der Waals surface area contributed by atoms with Crippen molar-refractivity contribution in [3.63, 3.8) is 0 Å². The van der Waals surface area contributed by atoms with E-state index in [1.165, 1.54) is 0 Å². The first-order valence-electron chi connectivity index (χ1n) is 6.14. The summed E-state index contributed by atoms with van der Waals surface area (Å²) in [6.07, 6.45) is 6.89. The standard InChI is InChI=1S/2C7H10N2.CH4/c1-6(2)7-5-8-3-4-9-7;1-6(2)7-4-3-5-8-9-7;/h2*3-6H,1-2H3;1H4. The van der Waals surface area contributed by atoms with Gasteiger partial charge in [0.1, 0.15) is 0 Å². The molecule has 4 heteroatoms. The molecule has 0 spiro atoms. The molecule has 2 heterocycles. The lowest BCUT2D eigenvalue weighted by Crippen LogP contribution is -1.92. The van der Waals surface area contributed by atoms with E-state index in [9.17, 15) is 0 Å². The predicted molar refractivity (Wildman–Crippen MR) is 79.0 cm³/mol. The highest BCUT2D eigenvalue weighted by atomic mass is 15.1. The normalized spacial score (nSPS) is 9.58. The fraction of sp³-hybridized carbons (Fsp3) is 0.467. The van der Waals surface area contributed by atoms with Crippen molar-refractivity contribution in [2.45, 2.75) is 47.0 Å². The van der Waals surface area contributed by atoms with Crippen LogP contribution >= 0.6 is 0 Å². The van der Waals surface area contributed by atoms with Gasteiger partial charge in [0.25, 0.3) is 0 Å². The SMILES string of the molecule is C.CC(C)c1cccnn1.CC(C)c1cnccn1. The summed E-state index contributed by atoms with van der Waals surface area (Å²) in [6, 6.07) is 3.89. The summed E-state index contributed by atoms with van der Waals surface area (Å²) in [7, 11) is 0. The van der Waals surface area contributed by atoms with Crippen molar-refractivity contribution in [3.05, 3.63) is 48.3 Å². The second-order valence-corrected chi connectivity index (χ2v) is 4.59. The van der Waals surface area contributed by atoms with Crippen LogP contribution < -0.4 is 0 Å². The zero-order valence-electron chi connectivity index (χ0n) is 11.4. The van der Waals surface area contributed by atoms with E-state index in [2.05, 4.69) is 47.9 Å². The maximum atomic E-state index is 4.12. The van der Waals surface area contributed by atoms with Gasteiger partial charge in [-0.15, -0.1) is 0 Å². The third kappa shape index (κ3) is 6.60. The van der Waals surface area contributed by atoms with E-state index < -0.39 is 0 Å². The Labute approximate surface area is 116 Å². The summed E-state index contributed by atoms with van der Waals surface area (Å²) in [6.45, 7) is 8.40. The van der Waals surface area contributed by atoms with Crippen LogP contribution in [0.15, 0.2) is 36.9 Å². The average Bonchev–Trinajstić information content (AvgIpc) is 2.41. The van der Waals surface area contributed by atoms with E-state index in [1.807, 2.05) is 12.1 Å². The van der Waals surface area contributed by atoms with Crippen molar-refractivity contribution >= 4 is 0 Å². The van der Waals surface area contributed by atoms with Crippen LogP contribution in [0.4, 0.5) is 0 Å². The molecule has 0 N–H and O–H groups in total. The van der Waals surface area contributed by atoms with Crippen LogP contribution in [0, 0.1) is 0 Å². The second kappa shape index (κ2) is 9.14. The largest absolute Gasteiger partial charge is 0.261 e. The van der Waals surface area contributed by atoms with Crippen molar-refractivity contribution in [1.82, 2.24) is 20.2 Å². The van der Waals surface area contributed by atoms with Crippen LogP contribution in [0.5, 0.6) is 0 Å². The monoisotopic (exact) mass is 260 g/mol. The van der Waals surface area contributed by atoms with E-state index in [-0.39, 0.29) is 7.43 Å². The van der Waals surface area contributed by atoms with Gasteiger partial charge in [0, 0.05) is 24.8 Å². The molecule has 2 aromatic rings. The molecule has 2 aromatic heterocycles. The number of aromatic nitrogens is 4. The van der Waals surface area contributed by atoms with Crippen molar-refractivity contribution in [1.29, 1.82) is 0 Å². The maximum Gasteiger partial charge on any atom is 0.0656 e. The highest BCUT2D eigenvalue weighted by Gasteiger charge is 1.97. The van der Waals surface area contributed by atoms with Gasteiger partial charge in [0.2, 0.25) is 0 Å². The Morgan fingerprint density at radius 1 is 0.895 bits per heavy atom. The zero-order valence-corrected chi connectivity index (χ0v) is 11.4. The maximum absolute atomic E-state index is 4.12. The molecule has 0 atom stereocenters. The molecular formula is C15H24N4. The van der Waals surface area contributed by atoms with E-state index in [0.717, 1.165) is 11.4 Å². The van der Waals surface area contributed by atoms with Gasteiger partial charge in [-0.05, 0) is 24.0 Å². The first kappa shape index (κ1) is 17.2. The van der Waals surface area contributed by atoms with Crippen LogP contribution in [0.1, 0.15) is 58.3 Å². The Bertz CT molecular complexity index is 383. The molecule has 4 nitrogen and oxygen atoms in total. The molecule has 0 saturated heterocycles. The fourth-order valence-electron chi connectivity index (χ4n) is 1.23. The molecule has 0 aliphatic rings. The molecule has 2 rings (SSSR count). The minimum atomic E-state index is 0. The molecule has 0 aromatic carbocycles. The van der Waals surface area contributed by atoms with Crippen molar-refractivity contribution in [3.8, 4) is 0 Å². The fourth-order valence-corrected chi connectivity index (χ4v) is 1.23.